The molecule has 1 N–H and O–H groups in total. The van der Waals surface area contributed by atoms with Crippen molar-refractivity contribution in [1.82, 2.24) is 0 Å². The van der Waals surface area contributed by atoms with Crippen molar-refractivity contribution in [2.24, 2.45) is 0 Å². The van der Waals surface area contributed by atoms with Crippen molar-refractivity contribution < 1.29 is 105 Å². The van der Waals surface area contributed by atoms with Gasteiger partial charge in [-0.2, -0.15) is 91.8 Å². The lowest BCUT2D eigenvalue weighted by atomic mass is 9.74. The Morgan fingerprint density at radius 3 is 0.829 bits per heavy atom. The summed E-state index contributed by atoms with van der Waals surface area (Å²) in [6.07, 6.45) is -26.5. The van der Waals surface area contributed by atoms with Crippen LogP contribution in [0.4, 0.5) is 92.2 Å². The van der Waals surface area contributed by atoms with Gasteiger partial charge in [-0.1, -0.05) is 0 Å². The Balaban J connectivity index is 8.15. The van der Waals surface area contributed by atoms with Crippen LogP contribution < -0.4 is 0 Å². The highest BCUT2D eigenvalue weighted by atomic mass is 32.2. The highest BCUT2D eigenvalue weighted by Gasteiger charge is 3.03. The van der Waals surface area contributed by atoms with Crippen LogP contribution in [-0.2, 0) is 10.1 Å². The number of hydrogen-bond donors (Lipinski definition) is 1. The number of alkyl halides is 21. The second kappa shape index (κ2) is 7.72. The lowest BCUT2D eigenvalue weighted by molar-refractivity contribution is -0.480. The van der Waals surface area contributed by atoms with Gasteiger partial charge in [0.15, 0.2) is 0 Å². The molecule has 0 fully saturated rings. The van der Waals surface area contributed by atoms with Gasteiger partial charge in [-0.25, -0.2) is 8.78 Å². The molecule has 0 amide bonds. The predicted molar refractivity (Wildman–Crippen MR) is 62.1 cm³/mol. The monoisotopic (exact) mass is 600 g/mol. The quantitative estimate of drug-likeness (QED) is 0.284. The van der Waals surface area contributed by atoms with E-state index in [0.29, 0.717) is 0 Å². The first-order chi connectivity index (χ1) is 14.5. The molecule has 25 heteroatoms. The summed E-state index contributed by atoms with van der Waals surface area (Å²) in [7, 11) is -8.41. The molecule has 0 aliphatic heterocycles. The Bertz CT molecular complexity index is 909. The summed E-state index contributed by atoms with van der Waals surface area (Å²) in [5.74, 6) is -37.6. The van der Waals surface area contributed by atoms with Crippen LogP contribution in [0, 0.1) is 0 Å². The van der Waals surface area contributed by atoms with Crippen molar-refractivity contribution in [3.8, 4) is 0 Å². The highest BCUT2D eigenvalue weighted by Crippen LogP contribution is 2.69. The molecule has 0 spiro atoms. The van der Waals surface area contributed by atoms with Crippen LogP contribution in [0.2, 0.25) is 0 Å². The second-order valence-electron chi connectivity index (χ2n) is 6.10. The predicted octanol–water partition coefficient (Wildman–Crippen LogP) is 6.11. The van der Waals surface area contributed by atoms with Gasteiger partial charge in [-0.15, -0.1) is 0 Å². The molecule has 0 aromatic carbocycles. The van der Waals surface area contributed by atoms with Crippen molar-refractivity contribution in [1.29, 1.82) is 0 Å². The molecular formula is C10HF21O3S. The normalized spacial score (nSPS) is 19.8. The van der Waals surface area contributed by atoms with E-state index in [0.717, 1.165) is 0 Å². The lowest BCUT2D eigenvalue weighted by Gasteiger charge is -2.49. The Morgan fingerprint density at radius 2 is 0.629 bits per heavy atom. The summed E-state index contributed by atoms with van der Waals surface area (Å²) < 4.78 is 302. The molecule has 0 saturated carbocycles. The maximum Gasteiger partial charge on any atom is 0.460 e. The van der Waals surface area contributed by atoms with E-state index in [9.17, 15) is 101 Å². The zero-order chi connectivity index (χ0) is 29.5. The zero-order valence-corrected chi connectivity index (χ0v) is 15.4. The van der Waals surface area contributed by atoms with Gasteiger partial charge >= 0.3 is 68.9 Å². The van der Waals surface area contributed by atoms with Crippen LogP contribution in [0.1, 0.15) is 0 Å². The first-order valence-electron chi connectivity index (χ1n) is 6.94. The summed E-state index contributed by atoms with van der Waals surface area (Å²) in [6.45, 7) is 0. The third kappa shape index (κ3) is 3.84. The molecule has 0 bridgehead atoms. The van der Waals surface area contributed by atoms with Crippen LogP contribution in [0.3, 0.4) is 0 Å². The lowest BCUT2D eigenvalue weighted by Crippen LogP contribution is -2.83. The Kier molecular flexibility index (Phi) is 7.38. The molecule has 0 aromatic rings. The van der Waals surface area contributed by atoms with E-state index in [2.05, 4.69) is 0 Å². The average molecular weight is 600 g/mol. The van der Waals surface area contributed by atoms with Gasteiger partial charge in [0.05, 0.1) is 0 Å². The zero-order valence-electron chi connectivity index (χ0n) is 14.6. The van der Waals surface area contributed by atoms with E-state index in [-0.39, 0.29) is 0 Å². The fraction of sp³-hybridized carbons (Fsp3) is 1.00. The third-order valence-electron chi connectivity index (χ3n) is 3.95. The van der Waals surface area contributed by atoms with Crippen LogP contribution in [0.15, 0.2) is 0 Å². The molecule has 0 saturated heterocycles. The summed E-state index contributed by atoms with van der Waals surface area (Å²) in [5.41, 5.74) is -19.5. The van der Waals surface area contributed by atoms with Crippen LogP contribution >= 0.6 is 0 Å². The summed E-state index contributed by atoms with van der Waals surface area (Å²) in [5, 5.41) is -8.46. The molecule has 0 aromatic heterocycles. The van der Waals surface area contributed by atoms with Gasteiger partial charge in [-0.3, -0.25) is 4.55 Å². The largest absolute Gasteiger partial charge is 0.460 e. The van der Waals surface area contributed by atoms with E-state index < -0.39 is 68.9 Å². The minimum atomic E-state index is -9.92. The van der Waals surface area contributed by atoms with Gasteiger partial charge in [0, 0.05) is 0 Å². The molecule has 0 aliphatic carbocycles. The molecule has 212 valence electrons. The van der Waals surface area contributed by atoms with E-state index in [1.807, 2.05) is 0 Å². The fourth-order valence-electron chi connectivity index (χ4n) is 2.10. The summed E-state index contributed by atoms with van der Waals surface area (Å²) >= 11 is 0. The number of halogens is 21. The van der Waals surface area contributed by atoms with Gasteiger partial charge in [0.25, 0.3) is 0 Å². The van der Waals surface area contributed by atoms with E-state index in [4.69, 9.17) is 4.55 Å². The van der Waals surface area contributed by atoms with Gasteiger partial charge in [0.2, 0.25) is 0 Å². The first-order valence-corrected chi connectivity index (χ1v) is 8.38. The molecular weight excluding hydrogens is 599 g/mol. The SMILES string of the molecule is O=S(=O)(O)C(F)(F)C(F)(F)C(F)(C(F)(F)F)C(F)(F)C(F)(C(F)(F)F)C(F)(F)C(F)(F)C(F)(F)F. The van der Waals surface area contributed by atoms with Crippen molar-refractivity contribution >= 4 is 10.1 Å². The molecule has 3 nitrogen and oxygen atoms in total. The molecule has 0 rings (SSSR count). The number of rotatable bonds is 7. The van der Waals surface area contributed by atoms with Gasteiger partial charge in [-0.05, 0) is 0 Å². The van der Waals surface area contributed by atoms with Gasteiger partial charge < -0.3 is 0 Å². The minimum Gasteiger partial charge on any atom is -0.281 e. The molecule has 0 heterocycles. The maximum atomic E-state index is 14.0. The molecule has 2 atom stereocenters. The van der Waals surface area contributed by atoms with Crippen molar-refractivity contribution in [2.45, 2.75) is 58.8 Å². The van der Waals surface area contributed by atoms with Gasteiger partial charge in [0.1, 0.15) is 0 Å². The van der Waals surface area contributed by atoms with Crippen molar-refractivity contribution in [3.63, 3.8) is 0 Å². The highest BCUT2D eigenvalue weighted by molar-refractivity contribution is 7.87. The molecule has 2 unspecified atom stereocenters. The first kappa shape index (κ1) is 33.4. The molecule has 35 heavy (non-hydrogen) atoms. The number of hydrogen-bond acceptors (Lipinski definition) is 2. The summed E-state index contributed by atoms with van der Waals surface area (Å²) in [6, 6.07) is 0. The Labute approximate surface area is 175 Å². The topological polar surface area (TPSA) is 54.4 Å². The average Bonchev–Trinajstić information content (AvgIpc) is 2.55. The standard InChI is InChI=1S/C10HF21O3S/c11-1(7(21,22)23,4(15,16)6(19,20)9(27,28)29)3(13,14)2(12,8(24,25)26)5(17,18)10(30,31)35(32,33)34/h(H,32,33,34). The maximum absolute atomic E-state index is 14.0. The molecule has 0 aliphatic rings. The van der Waals surface area contributed by atoms with E-state index in [1.165, 1.54) is 0 Å². The fourth-order valence-corrected chi connectivity index (χ4v) is 2.57. The van der Waals surface area contributed by atoms with E-state index >= 15 is 0 Å². The van der Waals surface area contributed by atoms with Crippen LogP contribution in [0.25, 0.3) is 0 Å². The Morgan fingerprint density at radius 1 is 0.371 bits per heavy atom. The van der Waals surface area contributed by atoms with E-state index in [1.54, 1.807) is 0 Å². The second-order valence-corrected chi connectivity index (χ2v) is 7.56. The third-order valence-corrected chi connectivity index (χ3v) is 4.86. The van der Waals surface area contributed by atoms with Crippen molar-refractivity contribution in [2.75, 3.05) is 0 Å². The minimum absolute atomic E-state index is 7.76. The molecule has 0 radical (unpaired) electrons. The smallest absolute Gasteiger partial charge is 0.281 e. The van der Waals surface area contributed by atoms with Crippen molar-refractivity contribution in [3.05, 3.63) is 0 Å². The summed E-state index contributed by atoms with van der Waals surface area (Å²) in [4.78, 5) is 0. The van der Waals surface area contributed by atoms with Crippen LogP contribution in [-0.4, -0.2) is 71.8 Å². The Hall–Kier alpha value is -1.56. The van der Waals surface area contributed by atoms with Crippen LogP contribution in [0.5, 0.6) is 0 Å².